The van der Waals surface area contributed by atoms with Crippen LogP contribution in [-0.2, 0) is 28.8 Å². The van der Waals surface area contributed by atoms with Gasteiger partial charge >= 0.3 is 5.97 Å². The maximum Gasteiger partial charge on any atom is 0.326 e. The summed E-state index contributed by atoms with van der Waals surface area (Å²) in [6.07, 6.45) is -0.989. The summed E-state index contributed by atoms with van der Waals surface area (Å²) in [5.41, 5.74) is 10.7. The van der Waals surface area contributed by atoms with Crippen molar-refractivity contribution < 1.29 is 44.1 Å². The van der Waals surface area contributed by atoms with Crippen molar-refractivity contribution in [3.63, 3.8) is 0 Å². The Bertz CT molecular complexity index is 866. The molecule has 15 nitrogen and oxygen atoms in total. The van der Waals surface area contributed by atoms with Crippen LogP contribution in [0.5, 0.6) is 0 Å². The molecule has 0 bridgehead atoms. The number of carbonyl (C=O) groups is 6. The standard InChI is InChI=1S/C22H38N6O9/c1-10(2)7-13(21(35)28-6-4-5-15(28)22(36)37)26-19(33)14(9-29)27-18(32)12(8-16(23)31)25-20(34)17(24)11(3)30/h10-15,17,29-30H,4-9,24H2,1-3H3,(H2,23,31)(H,25,34)(H,26,33)(H,27,32)(H,36,37)/t11-,12+,13+,14+,15+,17+/m1/s1. The van der Waals surface area contributed by atoms with E-state index in [9.17, 15) is 44.1 Å². The minimum Gasteiger partial charge on any atom is -0.480 e. The van der Waals surface area contributed by atoms with Gasteiger partial charge in [-0.2, -0.15) is 0 Å². The average molecular weight is 531 g/mol. The highest BCUT2D eigenvalue weighted by atomic mass is 16.4. The number of carboxylic acid groups (broad SMARTS) is 1. The normalized spacial score (nSPS) is 19.3. The number of likely N-dealkylation sites (tertiary alicyclic amines) is 1. The molecule has 1 aliphatic rings. The first-order valence-electron chi connectivity index (χ1n) is 12.0. The van der Waals surface area contributed by atoms with E-state index in [-0.39, 0.29) is 25.3 Å². The SMILES string of the molecule is CC(C)C[C@H](NC(=O)[C@H](CO)NC(=O)[C@H](CC(N)=O)NC(=O)[C@@H](N)[C@@H](C)O)C(=O)N1CCC[C@H]1C(=O)O. The number of nitrogens with zero attached hydrogens (tertiary/aromatic N) is 1. The van der Waals surface area contributed by atoms with Crippen LogP contribution in [0.2, 0.25) is 0 Å². The zero-order chi connectivity index (χ0) is 28.4. The number of aliphatic carboxylic acids is 1. The monoisotopic (exact) mass is 530 g/mol. The quantitative estimate of drug-likeness (QED) is 0.108. The highest BCUT2D eigenvalue weighted by molar-refractivity contribution is 5.97. The fourth-order valence-electron chi connectivity index (χ4n) is 3.82. The summed E-state index contributed by atoms with van der Waals surface area (Å²) in [6.45, 7) is 4.15. The lowest BCUT2D eigenvalue weighted by Gasteiger charge is -2.29. The van der Waals surface area contributed by atoms with Crippen molar-refractivity contribution in [2.75, 3.05) is 13.2 Å². The molecule has 37 heavy (non-hydrogen) atoms. The van der Waals surface area contributed by atoms with Crippen molar-refractivity contribution in [2.45, 2.75) is 82.8 Å². The fraction of sp³-hybridized carbons (Fsp3) is 0.727. The van der Waals surface area contributed by atoms with Crippen LogP contribution in [0.3, 0.4) is 0 Å². The smallest absolute Gasteiger partial charge is 0.326 e. The lowest BCUT2D eigenvalue weighted by atomic mass is 10.0. The van der Waals surface area contributed by atoms with Crippen LogP contribution >= 0.6 is 0 Å². The van der Waals surface area contributed by atoms with Crippen LogP contribution < -0.4 is 27.4 Å². The molecule has 0 aromatic carbocycles. The van der Waals surface area contributed by atoms with E-state index in [2.05, 4.69) is 16.0 Å². The molecule has 0 unspecified atom stereocenters. The molecule has 1 fully saturated rings. The summed E-state index contributed by atoms with van der Waals surface area (Å²) in [4.78, 5) is 75.0. The Hall–Kier alpha value is -3.30. The van der Waals surface area contributed by atoms with Gasteiger partial charge < -0.3 is 47.6 Å². The van der Waals surface area contributed by atoms with Crippen LogP contribution in [0.15, 0.2) is 0 Å². The number of aliphatic hydroxyl groups excluding tert-OH is 2. The molecule has 1 saturated heterocycles. The summed E-state index contributed by atoms with van der Waals surface area (Å²) < 4.78 is 0. The molecule has 0 aromatic heterocycles. The van der Waals surface area contributed by atoms with E-state index >= 15 is 0 Å². The van der Waals surface area contributed by atoms with Crippen molar-refractivity contribution in [3.8, 4) is 0 Å². The summed E-state index contributed by atoms with van der Waals surface area (Å²) >= 11 is 0. The molecule has 0 saturated carbocycles. The number of amides is 5. The topological polar surface area (TPSA) is 254 Å². The Morgan fingerprint density at radius 2 is 1.49 bits per heavy atom. The second kappa shape index (κ2) is 14.4. The van der Waals surface area contributed by atoms with Gasteiger partial charge in [-0.25, -0.2) is 4.79 Å². The molecule has 0 spiro atoms. The zero-order valence-corrected chi connectivity index (χ0v) is 21.2. The molecule has 1 aliphatic heterocycles. The fourth-order valence-corrected chi connectivity index (χ4v) is 3.82. The predicted molar refractivity (Wildman–Crippen MR) is 128 cm³/mol. The Kier molecular flexibility index (Phi) is 12.4. The summed E-state index contributed by atoms with van der Waals surface area (Å²) in [5, 5.41) is 35.4. The molecule has 6 atom stereocenters. The number of hydrogen-bond donors (Lipinski definition) is 8. The number of nitrogens with two attached hydrogens (primary N) is 2. The number of carbonyl (C=O) groups excluding carboxylic acids is 5. The van der Waals surface area contributed by atoms with Gasteiger partial charge in [0.25, 0.3) is 0 Å². The van der Waals surface area contributed by atoms with Gasteiger partial charge in [-0.05, 0) is 32.1 Å². The Morgan fingerprint density at radius 3 is 1.97 bits per heavy atom. The molecule has 10 N–H and O–H groups in total. The van der Waals surface area contributed by atoms with Crippen LogP contribution in [0.25, 0.3) is 0 Å². The van der Waals surface area contributed by atoms with Gasteiger partial charge in [0.2, 0.25) is 29.5 Å². The molecule has 210 valence electrons. The van der Waals surface area contributed by atoms with Gasteiger partial charge in [0.1, 0.15) is 30.2 Å². The molecule has 1 rings (SSSR count). The molecule has 0 aromatic rings. The first kappa shape index (κ1) is 31.7. The van der Waals surface area contributed by atoms with Crippen molar-refractivity contribution in [1.29, 1.82) is 0 Å². The van der Waals surface area contributed by atoms with E-state index < -0.39 is 84.8 Å². The van der Waals surface area contributed by atoms with E-state index in [4.69, 9.17) is 11.5 Å². The lowest BCUT2D eigenvalue weighted by Crippen LogP contribution is -2.60. The van der Waals surface area contributed by atoms with Gasteiger partial charge in [0.05, 0.1) is 19.1 Å². The minimum absolute atomic E-state index is 0.0735. The summed E-state index contributed by atoms with van der Waals surface area (Å²) in [6, 6.07) is -6.70. The molecule has 15 heteroatoms. The Morgan fingerprint density at radius 1 is 0.946 bits per heavy atom. The second-order valence-corrected chi connectivity index (χ2v) is 9.46. The first-order chi connectivity index (χ1) is 17.2. The third-order valence-electron chi connectivity index (χ3n) is 5.82. The molecule has 0 aliphatic carbocycles. The third-order valence-corrected chi connectivity index (χ3v) is 5.82. The van der Waals surface area contributed by atoms with Crippen LogP contribution in [0, 0.1) is 5.92 Å². The number of primary amides is 1. The van der Waals surface area contributed by atoms with Crippen LogP contribution in [0.4, 0.5) is 0 Å². The minimum atomic E-state index is -1.58. The summed E-state index contributed by atoms with van der Waals surface area (Å²) in [7, 11) is 0. The van der Waals surface area contributed by atoms with Crippen molar-refractivity contribution in [2.24, 2.45) is 17.4 Å². The highest BCUT2D eigenvalue weighted by Crippen LogP contribution is 2.20. The molecule has 1 heterocycles. The number of nitrogens with one attached hydrogen (secondary N) is 3. The van der Waals surface area contributed by atoms with Gasteiger partial charge in [-0.3, -0.25) is 24.0 Å². The number of carboxylic acids is 1. The number of hydrogen-bond acceptors (Lipinski definition) is 9. The highest BCUT2D eigenvalue weighted by Gasteiger charge is 2.38. The van der Waals surface area contributed by atoms with E-state index in [0.29, 0.717) is 6.42 Å². The third kappa shape index (κ3) is 9.59. The molecular weight excluding hydrogens is 492 g/mol. The lowest BCUT2D eigenvalue weighted by molar-refractivity contribution is -0.149. The van der Waals surface area contributed by atoms with Gasteiger partial charge in [-0.15, -0.1) is 0 Å². The Balaban J connectivity index is 3.00. The molecule has 5 amide bonds. The van der Waals surface area contributed by atoms with Gasteiger partial charge in [0.15, 0.2) is 0 Å². The molecule has 0 radical (unpaired) electrons. The first-order valence-corrected chi connectivity index (χ1v) is 12.0. The predicted octanol–water partition coefficient (Wildman–Crippen LogP) is -3.86. The van der Waals surface area contributed by atoms with Gasteiger partial charge in [0, 0.05) is 6.54 Å². The van der Waals surface area contributed by atoms with Crippen molar-refractivity contribution in [1.82, 2.24) is 20.9 Å². The van der Waals surface area contributed by atoms with Crippen LogP contribution in [0.1, 0.15) is 46.5 Å². The average Bonchev–Trinajstić information content (AvgIpc) is 3.30. The van der Waals surface area contributed by atoms with Crippen molar-refractivity contribution >= 4 is 35.5 Å². The maximum absolute atomic E-state index is 13.1. The van der Waals surface area contributed by atoms with Crippen LogP contribution in [-0.4, -0.2) is 105 Å². The maximum atomic E-state index is 13.1. The Labute approximate surface area is 214 Å². The van der Waals surface area contributed by atoms with E-state index in [1.807, 2.05) is 0 Å². The van der Waals surface area contributed by atoms with Crippen molar-refractivity contribution in [3.05, 3.63) is 0 Å². The summed E-state index contributed by atoms with van der Waals surface area (Å²) in [5.74, 6) is -5.72. The second-order valence-electron chi connectivity index (χ2n) is 9.46. The molecular formula is C22H38N6O9. The number of aliphatic hydroxyl groups is 2. The largest absolute Gasteiger partial charge is 0.480 e. The van der Waals surface area contributed by atoms with E-state index in [1.54, 1.807) is 13.8 Å². The number of rotatable bonds is 14. The van der Waals surface area contributed by atoms with E-state index in [1.165, 1.54) is 11.8 Å². The van der Waals surface area contributed by atoms with E-state index in [0.717, 1.165) is 0 Å². The zero-order valence-electron chi connectivity index (χ0n) is 21.2. The van der Waals surface area contributed by atoms with Gasteiger partial charge in [-0.1, -0.05) is 13.8 Å².